The van der Waals surface area contributed by atoms with Gasteiger partial charge in [-0.15, -0.1) is 11.3 Å². The minimum absolute atomic E-state index is 0.0493. The van der Waals surface area contributed by atoms with Gasteiger partial charge in [0, 0.05) is 64.4 Å². The van der Waals surface area contributed by atoms with E-state index in [9.17, 15) is 0 Å². The third kappa shape index (κ3) is 4.22. The maximum atomic E-state index is 2.72. The average molecular weight is 813 g/mol. The number of aromatic nitrogens is 1. The third-order valence-corrected chi connectivity index (χ3v) is 16.7. The number of hydrogen-bond donors (Lipinski definition) is 0. The van der Waals surface area contributed by atoms with Gasteiger partial charge < -0.3 is 9.38 Å². The molecule has 296 valence electrons. The van der Waals surface area contributed by atoms with E-state index in [-0.39, 0.29) is 23.1 Å². The normalized spacial score (nSPS) is 15.9. The van der Waals surface area contributed by atoms with Crippen LogP contribution in [0.1, 0.15) is 76.3 Å². The molecule has 8 aromatic carbocycles. The molecule has 62 heavy (non-hydrogen) atoms. The molecule has 0 saturated carbocycles. The maximum Gasteiger partial charge on any atom is 0.333 e. The van der Waals surface area contributed by atoms with Crippen molar-refractivity contribution in [3.63, 3.8) is 0 Å². The first kappa shape index (κ1) is 35.3. The fourth-order valence-corrected chi connectivity index (χ4v) is 13.5. The molecule has 0 radical (unpaired) electrons. The highest BCUT2D eigenvalue weighted by atomic mass is 32.1. The summed E-state index contributed by atoms with van der Waals surface area (Å²) < 4.78 is 5.36. The predicted molar refractivity (Wildman–Crippen MR) is 267 cm³/mol. The van der Waals surface area contributed by atoms with Crippen LogP contribution in [0.25, 0.3) is 81.0 Å². The van der Waals surface area contributed by atoms with Crippen molar-refractivity contribution in [2.24, 2.45) is 0 Å². The second kappa shape index (κ2) is 11.4. The zero-order valence-corrected chi connectivity index (χ0v) is 37.1. The molecule has 0 atom stereocenters. The van der Waals surface area contributed by atoms with Crippen molar-refractivity contribution in [1.82, 2.24) is 4.57 Å². The lowest BCUT2D eigenvalue weighted by molar-refractivity contribution is 0.590. The van der Waals surface area contributed by atoms with E-state index < -0.39 is 0 Å². The smallest absolute Gasteiger partial charge is 0.333 e. The summed E-state index contributed by atoms with van der Waals surface area (Å²) in [4.78, 5) is 2.72. The number of fused-ring (bicyclic) bond motifs is 17. The molecule has 0 amide bonds. The maximum absolute atomic E-state index is 2.72. The van der Waals surface area contributed by atoms with Crippen molar-refractivity contribution in [2.75, 3.05) is 4.81 Å². The molecule has 4 heteroatoms. The van der Waals surface area contributed by atoms with E-state index in [2.05, 4.69) is 203 Å². The monoisotopic (exact) mass is 812 g/mol. The Balaban J connectivity index is 1.16. The zero-order chi connectivity index (χ0) is 41.8. The van der Waals surface area contributed by atoms with Gasteiger partial charge >= 0.3 is 6.85 Å². The Morgan fingerprint density at radius 2 is 1.15 bits per heavy atom. The van der Waals surface area contributed by atoms with Crippen molar-refractivity contribution in [1.29, 1.82) is 0 Å². The molecule has 0 N–H and O–H groups in total. The van der Waals surface area contributed by atoms with Crippen LogP contribution < -0.4 is 15.7 Å². The fourth-order valence-electron chi connectivity index (χ4n) is 12.4. The molecule has 2 aliphatic carbocycles. The van der Waals surface area contributed by atoms with Crippen LogP contribution in [0.3, 0.4) is 0 Å². The average Bonchev–Trinajstić information content (AvgIpc) is 3.94. The van der Waals surface area contributed by atoms with Crippen molar-refractivity contribution in [3.8, 4) is 39.1 Å². The summed E-state index contributed by atoms with van der Waals surface area (Å²) in [5, 5.41) is 5.33. The molecule has 0 spiro atoms. The van der Waals surface area contributed by atoms with Crippen LogP contribution in [0.5, 0.6) is 0 Å². The van der Waals surface area contributed by atoms with Gasteiger partial charge in [0.15, 0.2) is 0 Å². The molecule has 4 aliphatic rings. The summed E-state index contributed by atoms with van der Waals surface area (Å²) in [6.45, 7) is 16.6. The van der Waals surface area contributed by atoms with E-state index in [0.29, 0.717) is 0 Å². The minimum atomic E-state index is -0.140. The molecule has 0 unspecified atom stereocenters. The molecule has 10 aromatic rings. The molecule has 0 saturated heterocycles. The molecular formula is C58H45BN2S. The number of nitrogens with zero attached hydrogens (tertiary/aromatic N) is 2. The molecule has 14 rings (SSSR count). The Bertz CT molecular complexity index is 3680. The predicted octanol–water partition coefficient (Wildman–Crippen LogP) is 14.3. The van der Waals surface area contributed by atoms with Crippen LogP contribution in [0.4, 0.5) is 11.4 Å². The Kier molecular flexibility index (Phi) is 6.46. The SMILES string of the molecule is CC(C)(C)c1ccc(N2B3c4cc5c(cc4-n4c6cc7c(cc6c6ccc(c3c64)-c3cc4sc6ccccc6c4cc32)C(C)(C)c2ccccc2-7)-c2ccccc2C5(C)C)cc1. The fraction of sp³-hybridized carbons (Fsp3) is 0.172. The van der Waals surface area contributed by atoms with Gasteiger partial charge in [0.2, 0.25) is 0 Å². The van der Waals surface area contributed by atoms with Gasteiger partial charge in [-0.25, -0.2) is 0 Å². The zero-order valence-electron chi connectivity index (χ0n) is 36.2. The highest BCUT2D eigenvalue weighted by Gasteiger charge is 2.47. The first-order chi connectivity index (χ1) is 29.9. The molecule has 0 fully saturated rings. The van der Waals surface area contributed by atoms with Crippen molar-refractivity contribution in [3.05, 3.63) is 173 Å². The van der Waals surface area contributed by atoms with E-state index >= 15 is 0 Å². The van der Waals surface area contributed by atoms with Crippen LogP contribution in [-0.2, 0) is 16.2 Å². The Labute approximate surface area is 367 Å². The summed E-state index contributed by atoms with van der Waals surface area (Å²) in [5.41, 5.74) is 24.1. The topological polar surface area (TPSA) is 8.17 Å². The highest BCUT2D eigenvalue weighted by molar-refractivity contribution is 7.25. The lowest BCUT2D eigenvalue weighted by Gasteiger charge is -2.42. The van der Waals surface area contributed by atoms with Crippen LogP contribution in [0, 0.1) is 0 Å². The van der Waals surface area contributed by atoms with E-state index in [1.807, 2.05) is 11.3 Å². The van der Waals surface area contributed by atoms with Crippen molar-refractivity contribution >= 4 is 82.5 Å². The molecule has 2 nitrogen and oxygen atoms in total. The quantitative estimate of drug-likeness (QED) is 0.150. The molecule has 4 heterocycles. The lowest BCUT2D eigenvalue weighted by Crippen LogP contribution is -2.60. The summed E-state index contributed by atoms with van der Waals surface area (Å²) >= 11 is 1.91. The summed E-state index contributed by atoms with van der Waals surface area (Å²) in [6, 6.07) is 56.9. The number of rotatable bonds is 1. The Morgan fingerprint density at radius 3 is 1.87 bits per heavy atom. The molecule has 2 aromatic heterocycles. The van der Waals surface area contributed by atoms with Gasteiger partial charge in [0.05, 0.1) is 11.0 Å². The van der Waals surface area contributed by atoms with Crippen molar-refractivity contribution < 1.29 is 0 Å². The number of benzene rings is 8. The minimum Gasteiger partial charge on any atom is -0.376 e. The molecule has 2 aliphatic heterocycles. The Hall–Kier alpha value is -6.36. The van der Waals surface area contributed by atoms with Gasteiger partial charge in [0.1, 0.15) is 0 Å². The van der Waals surface area contributed by atoms with Crippen molar-refractivity contribution in [2.45, 2.75) is 64.7 Å². The summed E-state index contributed by atoms with van der Waals surface area (Å²) in [7, 11) is 0. The second-order valence-electron chi connectivity index (χ2n) is 20.5. The summed E-state index contributed by atoms with van der Waals surface area (Å²) in [6.07, 6.45) is 0. The van der Waals surface area contributed by atoms with E-state index in [4.69, 9.17) is 0 Å². The first-order valence-corrected chi connectivity index (χ1v) is 23.1. The van der Waals surface area contributed by atoms with Gasteiger partial charge in [0.25, 0.3) is 0 Å². The Morgan fingerprint density at radius 1 is 0.484 bits per heavy atom. The van der Waals surface area contributed by atoms with Gasteiger partial charge in [-0.05, 0) is 121 Å². The first-order valence-electron chi connectivity index (χ1n) is 22.3. The van der Waals surface area contributed by atoms with Crippen LogP contribution in [0.15, 0.2) is 146 Å². The van der Waals surface area contributed by atoms with Crippen LogP contribution >= 0.6 is 11.3 Å². The van der Waals surface area contributed by atoms with Crippen LogP contribution in [-0.4, -0.2) is 11.4 Å². The number of anilines is 2. The van der Waals surface area contributed by atoms with E-state index in [1.165, 1.54) is 131 Å². The van der Waals surface area contributed by atoms with E-state index in [0.717, 1.165) is 0 Å². The lowest BCUT2D eigenvalue weighted by atomic mass is 9.43. The van der Waals surface area contributed by atoms with Gasteiger partial charge in [-0.2, -0.15) is 0 Å². The summed E-state index contributed by atoms with van der Waals surface area (Å²) in [5.74, 6) is 0. The van der Waals surface area contributed by atoms with Gasteiger partial charge in [-0.3, -0.25) is 0 Å². The van der Waals surface area contributed by atoms with Crippen LogP contribution in [0.2, 0.25) is 0 Å². The highest BCUT2D eigenvalue weighted by Crippen LogP contribution is 2.55. The number of thiophene rings is 1. The number of hydrogen-bond acceptors (Lipinski definition) is 2. The third-order valence-electron chi connectivity index (χ3n) is 15.5. The standard InChI is InChI=1S/C58H45BN2S/c1-56(2,3)32-20-22-33(23-21-32)61-50-29-43-36-16-10-13-19-52(36)62-53(43)30-42(50)37-24-25-38-41-26-46-39(34-14-8-11-17-44(34)57(46,4)5)27-49(41)60-51-28-40-35-15-9-12-18-45(35)58(6,7)47(40)31-48(51)59(61)54(37)55(38)60/h8-31H,1-7H3. The largest absolute Gasteiger partial charge is 0.376 e. The molecule has 0 bridgehead atoms. The second-order valence-corrected chi connectivity index (χ2v) is 21.6. The van der Waals surface area contributed by atoms with E-state index in [1.54, 1.807) is 0 Å². The molecular weight excluding hydrogens is 768 g/mol. The van der Waals surface area contributed by atoms with Gasteiger partial charge in [-0.1, -0.05) is 146 Å².